The van der Waals surface area contributed by atoms with E-state index >= 15 is 0 Å². The molecule has 6 nitrogen and oxygen atoms in total. The van der Waals surface area contributed by atoms with Gasteiger partial charge in [0.05, 0.1) is 25.7 Å². The second kappa shape index (κ2) is 11.1. The van der Waals surface area contributed by atoms with E-state index in [1.165, 1.54) is 14.2 Å². The van der Waals surface area contributed by atoms with Crippen LogP contribution in [0.25, 0.3) is 0 Å². The Morgan fingerprint density at radius 2 is 1.67 bits per heavy atom. The zero-order valence-corrected chi connectivity index (χ0v) is 18.5. The van der Waals surface area contributed by atoms with Crippen molar-refractivity contribution in [3.63, 3.8) is 0 Å². The molecule has 0 aromatic heterocycles. The molecular formula is C24H26F3NO5. The minimum absolute atomic E-state index is 0.0831. The van der Waals surface area contributed by atoms with Crippen LogP contribution >= 0.6 is 0 Å². The normalized spacial score (nSPS) is 17.8. The number of halogens is 3. The molecule has 0 saturated heterocycles. The van der Waals surface area contributed by atoms with Crippen molar-refractivity contribution in [2.24, 2.45) is 11.8 Å². The maximum Gasteiger partial charge on any atom is 0.308 e. The Balaban J connectivity index is 1.59. The number of amides is 1. The number of carbonyl (C=O) groups is 2. The molecule has 1 N–H and O–H groups in total. The highest BCUT2D eigenvalue weighted by Gasteiger charge is 2.28. The number of hydrogen-bond acceptors (Lipinski definition) is 5. The second-order valence-electron chi connectivity index (χ2n) is 7.95. The van der Waals surface area contributed by atoms with Crippen LogP contribution in [0.4, 0.5) is 13.2 Å². The van der Waals surface area contributed by atoms with Gasteiger partial charge in [-0.1, -0.05) is 12.1 Å². The van der Waals surface area contributed by atoms with Crippen LogP contribution in [0.15, 0.2) is 30.3 Å². The van der Waals surface area contributed by atoms with Gasteiger partial charge in [-0.2, -0.15) is 4.39 Å². The van der Waals surface area contributed by atoms with Gasteiger partial charge in [-0.3, -0.25) is 9.59 Å². The summed E-state index contributed by atoms with van der Waals surface area (Å²) in [6.07, 6.45) is 2.63. The summed E-state index contributed by atoms with van der Waals surface area (Å²) in [6, 6.07) is 7.23. The van der Waals surface area contributed by atoms with E-state index in [1.807, 2.05) is 0 Å². The average Bonchev–Trinajstić information content (AvgIpc) is 2.84. The van der Waals surface area contributed by atoms with Crippen molar-refractivity contribution in [2.45, 2.75) is 32.3 Å². The van der Waals surface area contributed by atoms with E-state index in [0.29, 0.717) is 43.1 Å². The standard InChI is InChI=1S/C24H26F3NO5/c1-31-17-9-5-15(6-10-17)13-33-22-19(25)11-18(20(26)21(22)27)23(29)28-12-14-3-7-16(8-4-14)24(30)32-2/h5-6,9-11,14,16H,3-4,7-8,12-13H2,1-2H3,(H,28,29). The maximum absolute atomic E-state index is 14.5. The van der Waals surface area contributed by atoms with Crippen LogP contribution in [0.3, 0.4) is 0 Å². The summed E-state index contributed by atoms with van der Waals surface area (Å²) in [5.74, 6) is -5.74. The largest absolute Gasteiger partial charge is 0.497 e. The maximum atomic E-state index is 14.5. The van der Waals surface area contributed by atoms with Gasteiger partial charge in [-0.15, -0.1) is 0 Å². The molecule has 1 aliphatic carbocycles. The summed E-state index contributed by atoms with van der Waals surface area (Å²) in [5, 5.41) is 2.53. The third-order valence-corrected chi connectivity index (χ3v) is 5.84. The number of hydrogen-bond donors (Lipinski definition) is 1. The van der Waals surface area contributed by atoms with Crippen molar-refractivity contribution in [3.05, 3.63) is 58.9 Å². The zero-order chi connectivity index (χ0) is 24.0. The van der Waals surface area contributed by atoms with Crippen LogP contribution in [0.5, 0.6) is 11.5 Å². The molecule has 0 radical (unpaired) electrons. The monoisotopic (exact) mass is 465 g/mol. The van der Waals surface area contributed by atoms with E-state index in [-0.39, 0.29) is 31.0 Å². The molecule has 0 spiro atoms. The van der Waals surface area contributed by atoms with Crippen LogP contribution in [-0.2, 0) is 16.1 Å². The molecule has 9 heteroatoms. The van der Waals surface area contributed by atoms with Crippen LogP contribution in [0.1, 0.15) is 41.6 Å². The molecule has 1 amide bonds. The Labute approximate surface area is 190 Å². The Hall–Kier alpha value is -3.23. The molecule has 0 bridgehead atoms. The Kier molecular flexibility index (Phi) is 8.19. The number of ether oxygens (including phenoxy) is 3. The molecule has 0 heterocycles. The van der Waals surface area contributed by atoms with Gasteiger partial charge in [0.25, 0.3) is 5.91 Å². The summed E-state index contributed by atoms with van der Waals surface area (Å²) in [6.45, 7) is 0.0161. The highest BCUT2D eigenvalue weighted by atomic mass is 19.2. The van der Waals surface area contributed by atoms with E-state index in [9.17, 15) is 22.8 Å². The predicted octanol–water partition coefficient (Wildman–Crippen LogP) is 4.40. The number of carbonyl (C=O) groups excluding carboxylic acids is 2. The topological polar surface area (TPSA) is 73.9 Å². The van der Waals surface area contributed by atoms with Gasteiger partial charge in [0.2, 0.25) is 5.82 Å². The molecule has 1 fully saturated rings. The zero-order valence-electron chi connectivity index (χ0n) is 18.5. The summed E-state index contributed by atoms with van der Waals surface area (Å²) in [5.41, 5.74) is -0.135. The molecule has 0 aliphatic heterocycles. The molecule has 2 aromatic rings. The number of methoxy groups -OCH3 is 2. The Morgan fingerprint density at radius 3 is 2.27 bits per heavy atom. The van der Waals surface area contributed by atoms with Gasteiger partial charge in [0, 0.05) is 6.54 Å². The van der Waals surface area contributed by atoms with Crippen LogP contribution in [0.2, 0.25) is 0 Å². The van der Waals surface area contributed by atoms with E-state index in [4.69, 9.17) is 14.2 Å². The van der Waals surface area contributed by atoms with Gasteiger partial charge in [-0.25, -0.2) is 8.78 Å². The first-order valence-electron chi connectivity index (χ1n) is 10.6. The molecule has 33 heavy (non-hydrogen) atoms. The fourth-order valence-corrected chi connectivity index (χ4v) is 3.85. The fourth-order valence-electron chi connectivity index (χ4n) is 3.85. The lowest BCUT2D eigenvalue weighted by molar-refractivity contribution is -0.146. The lowest BCUT2D eigenvalue weighted by Crippen LogP contribution is -2.33. The first kappa shape index (κ1) is 24.4. The molecular weight excluding hydrogens is 439 g/mol. The van der Waals surface area contributed by atoms with Crippen molar-refractivity contribution in [3.8, 4) is 11.5 Å². The number of rotatable bonds is 8. The minimum Gasteiger partial charge on any atom is -0.497 e. The van der Waals surface area contributed by atoms with Gasteiger partial charge in [-0.05, 0) is 55.4 Å². The van der Waals surface area contributed by atoms with E-state index in [2.05, 4.69) is 5.32 Å². The summed E-state index contributed by atoms with van der Waals surface area (Å²) >= 11 is 0. The SMILES string of the molecule is COC(=O)C1CCC(CNC(=O)c2cc(F)c(OCc3ccc(OC)cc3)c(F)c2F)CC1. The van der Waals surface area contributed by atoms with Crippen LogP contribution < -0.4 is 14.8 Å². The van der Waals surface area contributed by atoms with Crippen LogP contribution in [0, 0.1) is 29.3 Å². The van der Waals surface area contributed by atoms with Gasteiger partial charge in [0.15, 0.2) is 17.4 Å². The summed E-state index contributed by atoms with van der Waals surface area (Å²) in [4.78, 5) is 24.0. The number of esters is 1. The minimum atomic E-state index is -1.56. The molecule has 2 aromatic carbocycles. The lowest BCUT2D eigenvalue weighted by Gasteiger charge is -2.27. The number of benzene rings is 2. The van der Waals surface area contributed by atoms with E-state index in [1.54, 1.807) is 24.3 Å². The highest BCUT2D eigenvalue weighted by Crippen LogP contribution is 2.30. The van der Waals surface area contributed by atoms with E-state index < -0.39 is 34.7 Å². The molecule has 3 rings (SSSR count). The first-order valence-corrected chi connectivity index (χ1v) is 10.6. The van der Waals surface area contributed by atoms with Gasteiger partial charge >= 0.3 is 5.97 Å². The van der Waals surface area contributed by atoms with Gasteiger partial charge < -0.3 is 19.5 Å². The summed E-state index contributed by atoms with van der Waals surface area (Å²) < 4.78 is 58.3. The highest BCUT2D eigenvalue weighted by molar-refractivity contribution is 5.94. The Bertz CT molecular complexity index is 989. The van der Waals surface area contributed by atoms with Crippen molar-refractivity contribution in [1.82, 2.24) is 5.32 Å². The van der Waals surface area contributed by atoms with Crippen molar-refractivity contribution >= 4 is 11.9 Å². The summed E-state index contributed by atoms with van der Waals surface area (Å²) in [7, 11) is 2.85. The van der Waals surface area contributed by atoms with Crippen molar-refractivity contribution in [2.75, 3.05) is 20.8 Å². The van der Waals surface area contributed by atoms with Crippen molar-refractivity contribution in [1.29, 1.82) is 0 Å². The molecule has 178 valence electrons. The number of nitrogens with one attached hydrogen (secondary N) is 1. The second-order valence-corrected chi connectivity index (χ2v) is 7.95. The lowest BCUT2D eigenvalue weighted by atomic mass is 9.82. The third kappa shape index (κ3) is 5.97. The quantitative estimate of drug-likeness (QED) is 0.462. The van der Waals surface area contributed by atoms with Crippen molar-refractivity contribution < 1.29 is 37.0 Å². The third-order valence-electron chi connectivity index (χ3n) is 5.84. The average molecular weight is 465 g/mol. The van der Waals surface area contributed by atoms with Gasteiger partial charge in [0.1, 0.15) is 12.4 Å². The fraction of sp³-hybridized carbons (Fsp3) is 0.417. The molecule has 1 saturated carbocycles. The molecule has 1 aliphatic rings. The van der Waals surface area contributed by atoms with Crippen LogP contribution in [-0.4, -0.2) is 32.6 Å². The molecule has 0 unspecified atom stereocenters. The first-order chi connectivity index (χ1) is 15.8. The molecule has 0 atom stereocenters. The Morgan fingerprint density at radius 1 is 1.00 bits per heavy atom. The smallest absolute Gasteiger partial charge is 0.308 e. The predicted molar refractivity (Wildman–Crippen MR) is 113 cm³/mol. The van der Waals surface area contributed by atoms with E-state index in [0.717, 1.165) is 0 Å².